The van der Waals surface area contributed by atoms with E-state index >= 15 is 0 Å². The Balaban J connectivity index is 2.18. The number of aliphatic hydroxyl groups is 1. The van der Waals surface area contributed by atoms with E-state index < -0.39 is 0 Å². The average Bonchev–Trinajstić information content (AvgIpc) is 2.52. The number of aliphatic hydroxyl groups excluding tert-OH is 1. The van der Waals surface area contributed by atoms with Crippen LogP contribution in [0, 0.1) is 0 Å². The third-order valence-corrected chi connectivity index (χ3v) is 4.77. The molecule has 4 nitrogen and oxygen atoms in total. The molecule has 22 heavy (non-hydrogen) atoms. The number of carbonyl (C=O) groups excluding carboxylic acids is 1. The first-order chi connectivity index (χ1) is 10.6. The normalized spacial score (nSPS) is 12.4. The van der Waals surface area contributed by atoms with Crippen LogP contribution in [0.2, 0.25) is 5.02 Å². The van der Waals surface area contributed by atoms with Gasteiger partial charge in [-0.25, -0.2) is 0 Å². The van der Waals surface area contributed by atoms with Gasteiger partial charge in [0.1, 0.15) is 0 Å². The molecule has 0 saturated heterocycles. The van der Waals surface area contributed by atoms with Crippen molar-refractivity contribution >= 4 is 29.3 Å². The predicted octanol–water partition coefficient (Wildman–Crippen LogP) is 2.51. The van der Waals surface area contributed by atoms with Crippen molar-refractivity contribution in [2.75, 3.05) is 37.7 Å². The van der Waals surface area contributed by atoms with E-state index in [1.165, 1.54) is 0 Å². The smallest absolute Gasteiger partial charge is 0.252 e. The third-order valence-electron chi connectivity index (χ3n) is 3.32. The zero-order chi connectivity index (χ0) is 16.4. The highest BCUT2D eigenvalue weighted by Gasteiger charge is 2.10. The number of hydrogen-bond donors (Lipinski definition) is 2. The molecule has 0 aliphatic heterocycles. The van der Waals surface area contributed by atoms with Crippen LogP contribution in [0.15, 0.2) is 24.3 Å². The maximum absolute atomic E-state index is 11.9. The van der Waals surface area contributed by atoms with Crippen molar-refractivity contribution in [3.8, 4) is 0 Å². The number of rotatable bonds is 10. The second kappa shape index (κ2) is 10.9. The molecule has 1 atom stereocenters. The van der Waals surface area contributed by atoms with E-state index in [0.717, 1.165) is 18.8 Å². The van der Waals surface area contributed by atoms with Crippen molar-refractivity contribution in [2.24, 2.45) is 0 Å². The van der Waals surface area contributed by atoms with Crippen molar-refractivity contribution in [3.63, 3.8) is 0 Å². The molecule has 0 bridgehead atoms. The molecular weight excluding hydrogens is 320 g/mol. The molecule has 0 aliphatic rings. The van der Waals surface area contributed by atoms with E-state index in [2.05, 4.69) is 24.1 Å². The number of thioether (sulfide) groups is 1. The van der Waals surface area contributed by atoms with Crippen molar-refractivity contribution in [1.82, 2.24) is 10.2 Å². The van der Waals surface area contributed by atoms with Crippen molar-refractivity contribution in [3.05, 3.63) is 34.9 Å². The molecule has 0 aromatic heterocycles. The van der Waals surface area contributed by atoms with E-state index in [4.69, 9.17) is 11.6 Å². The molecule has 0 fully saturated rings. The van der Waals surface area contributed by atoms with Crippen LogP contribution in [0.3, 0.4) is 0 Å². The van der Waals surface area contributed by atoms with Crippen LogP contribution in [0.5, 0.6) is 0 Å². The predicted molar refractivity (Wildman–Crippen MR) is 94.9 cm³/mol. The van der Waals surface area contributed by atoms with E-state index in [0.29, 0.717) is 29.4 Å². The monoisotopic (exact) mass is 344 g/mol. The van der Waals surface area contributed by atoms with Gasteiger partial charge in [0.05, 0.1) is 16.7 Å². The lowest BCUT2D eigenvalue weighted by Crippen LogP contribution is -2.33. The van der Waals surface area contributed by atoms with Gasteiger partial charge in [0, 0.05) is 24.6 Å². The number of likely N-dealkylation sites (N-methyl/N-ethyl adjacent to an activating group) is 1. The topological polar surface area (TPSA) is 52.6 Å². The van der Waals surface area contributed by atoms with Gasteiger partial charge in [-0.3, -0.25) is 4.79 Å². The van der Waals surface area contributed by atoms with Gasteiger partial charge in [0.25, 0.3) is 5.91 Å². The van der Waals surface area contributed by atoms with Gasteiger partial charge < -0.3 is 15.3 Å². The summed E-state index contributed by atoms with van der Waals surface area (Å²) in [6.45, 7) is 7.35. The van der Waals surface area contributed by atoms with E-state index in [-0.39, 0.29) is 12.0 Å². The summed E-state index contributed by atoms with van der Waals surface area (Å²) in [5.74, 6) is 1.29. The SMILES string of the molecule is CCN(CC)CC(O)CSCCNC(=O)c1ccccc1Cl. The van der Waals surface area contributed by atoms with Crippen LogP contribution in [-0.2, 0) is 0 Å². The maximum atomic E-state index is 11.9. The van der Waals surface area contributed by atoms with Crippen LogP contribution in [0.1, 0.15) is 24.2 Å². The molecule has 0 aliphatic carbocycles. The summed E-state index contributed by atoms with van der Waals surface area (Å²) in [5, 5.41) is 13.2. The van der Waals surface area contributed by atoms with Gasteiger partial charge in [-0.2, -0.15) is 11.8 Å². The number of amides is 1. The zero-order valence-electron chi connectivity index (χ0n) is 13.2. The minimum atomic E-state index is -0.329. The quantitative estimate of drug-likeness (QED) is 0.640. The standard InChI is InChI=1S/C16H25ClN2O2S/c1-3-19(4-2)11-13(20)12-22-10-9-18-16(21)14-7-5-6-8-15(14)17/h5-8,13,20H,3-4,9-12H2,1-2H3,(H,18,21). The molecule has 1 aromatic carbocycles. The number of nitrogens with one attached hydrogen (secondary N) is 1. The highest BCUT2D eigenvalue weighted by molar-refractivity contribution is 7.99. The highest BCUT2D eigenvalue weighted by Crippen LogP contribution is 2.14. The Morgan fingerprint density at radius 3 is 2.68 bits per heavy atom. The van der Waals surface area contributed by atoms with Gasteiger partial charge in [0.2, 0.25) is 0 Å². The van der Waals surface area contributed by atoms with Crippen LogP contribution in [0.25, 0.3) is 0 Å². The fraction of sp³-hybridized carbons (Fsp3) is 0.562. The fourth-order valence-electron chi connectivity index (χ4n) is 2.03. The first kappa shape index (κ1) is 19.3. The van der Waals surface area contributed by atoms with Crippen molar-refractivity contribution in [2.45, 2.75) is 20.0 Å². The minimum absolute atomic E-state index is 0.158. The van der Waals surface area contributed by atoms with Crippen molar-refractivity contribution in [1.29, 1.82) is 0 Å². The first-order valence-electron chi connectivity index (χ1n) is 7.59. The molecule has 2 N–H and O–H groups in total. The molecule has 0 radical (unpaired) electrons. The van der Waals surface area contributed by atoms with Gasteiger partial charge in [-0.05, 0) is 25.2 Å². The van der Waals surface area contributed by atoms with Crippen LogP contribution in [-0.4, -0.2) is 59.7 Å². The Hall–Kier alpha value is -0.750. The molecule has 6 heteroatoms. The van der Waals surface area contributed by atoms with Gasteiger partial charge >= 0.3 is 0 Å². The van der Waals surface area contributed by atoms with E-state index in [9.17, 15) is 9.90 Å². The average molecular weight is 345 g/mol. The Morgan fingerprint density at radius 2 is 2.05 bits per heavy atom. The van der Waals surface area contributed by atoms with E-state index in [1.54, 1.807) is 36.0 Å². The Labute approximate surface area is 142 Å². The summed E-state index contributed by atoms with van der Waals surface area (Å²) in [6, 6.07) is 7.00. The Bertz CT molecular complexity index is 456. The molecule has 0 heterocycles. The molecule has 124 valence electrons. The largest absolute Gasteiger partial charge is 0.391 e. The summed E-state index contributed by atoms with van der Waals surface area (Å²) >= 11 is 7.61. The lowest BCUT2D eigenvalue weighted by atomic mass is 10.2. The fourth-order valence-corrected chi connectivity index (χ4v) is 3.04. The highest BCUT2D eigenvalue weighted by atomic mass is 35.5. The minimum Gasteiger partial charge on any atom is -0.391 e. The number of hydrogen-bond acceptors (Lipinski definition) is 4. The number of carbonyl (C=O) groups is 1. The number of benzene rings is 1. The second-order valence-electron chi connectivity index (χ2n) is 4.95. The maximum Gasteiger partial charge on any atom is 0.252 e. The lowest BCUT2D eigenvalue weighted by Gasteiger charge is -2.21. The van der Waals surface area contributed by atoms with Gasteiger partial charge in [0.15, 0.2) is 0 Å². The molecule has 1 amide bonds. The summed E-state index contributed by atoms with van der Waals surface area (Å²) in [6.07, 6.45) is -0.329. The zero-order valence-corrected chi connectivity index (χ0v) is 14.8. The van der Waals surface area contributed by atoms with Crippen molar-refractivity contribution < 1.29 is 9.90 Å². The number of nitrogens with zero attached hydrogens (tertiary/aromatic N) is 1. The Kier molecular flexibility index (Phi) is 9.55. The first-order valence-corrected chi connectivity index (χ1v) is 9.12. The Morgan fingerprint density at radius 1 is 1.36 bits per heavy atom. The molecule has 0 saturated carbocycles. The summed E-state index contributed by atoms with van der Waals surface area (Å²) < 4.78 is 0. The van der Waals surface area contributed by atoms with Gasteiger partial charge in [-0.15, -0.1) is 0 Å². The van der Waals surface area contributed by atoms with Crippen LogP contribution < -0.4 is 5.32 Å². The third kappa shape index (κ3) is 7.01. The lowest BCUT2D eigenvalue weighted by molar-refractivity contribution is 0.0956. The van der Waals surface area contributed by atoms with Crippen LogP contribution >= 0.6 is 23.4 Å². The summed E-state index contributed by atoms with van der Waals surface area (Å²) in [4.78, 5) is 14.1. The van der Waals surface area contributed by atoms with Gasteiger partial charge in [-0.1, -0.05) is 37.6 Å². The molecule has 1 unspecified atom stereocenters. The molecule has 0 spiro atoms. The summed E-state index contributed by atoms with van der Waals surface area (Å²) in [7, 11) is 0. The van der Waals surface area contributed by atoms with E-state index in [1.807, 2.05) is 0 Å². The second-order valence-corrected chi connectivity index (χ2v) is 6.51. The number of halogens is 1. The molecular formula is C16H25ClN2O2S. The molecule has 1 aromatic rings. The summed E-state index contributed by atoms with van der Waals surface area (Å²) in [5.41, 5.74) is 0.496. The molecule has 1 rings (SSSR count). The van der Waals surface area contributed by atoms with Crippen LogP contribution in [0.4, 0.5) is 0 Å².